The van der Waals surface area contributed by atoms with Crippen LogP contribution in [0, 0.1) is 10.1 Å². The van der Waals surface area contributed by atoms with E-state index in [1.165, 1.54) is 35.2 Å². The third kappa shape index (κ3) is 5.33. The third-order valence-electron chi connectivity index (χ3n) is 4.57. The van der Waals surface area contributed by atoms with E-state index >= 15 is 0 Å². The van der Waals surface area contributed by atoms with Crippen LogP contribution in [-0.2, 0) is 16.1 Å². The van der Waals surface area contributed by atoms with Gasteiger partial charge in [-0.1, -0.05) is 17.4 Å². The number of rotatable bonds is 7. The van der Waals surface area contributed by atoms with Crippen molar-refractivity contribution in [1.82, 2.24) is 9.47 Å². The number of allylic oxidation sites excluding steroid dienone is 1. The number of hydrogen-bond donors (Lipinski definition) is 0. The number of nitro groups is 1. The van der Waals surface area contributed by atoms with Gasteiger partial charge >= 0.3 is 0 Å². The molecule has 0 aliphatic carbocycles. The largest absolute Gasteiger partial charge is 0.342 e. The minimum atomic E-state index is -0.449. The van der Waals surface area contributed by atoms with E-state index in [9.17, 15) is 19.7 Å². The summed E-state index contributed by atoms with van der Waals surface area (Å²) in [4.78, 5) is 41.6. The van der Waals surface area contributed by atoms with Crippen LogP contribution >= 0.6 is 23.1 Å². The van der Waals surface area contributed by atoms with Gasteiger partial charge in [0.05, 0.1) is 26.6 Å². The van der Waals surface area contributed by atoms with E-state index in [-0.39, 0.29) is 29.0 Å². The molecule has 2 heterocycles. The van der Waals surface area contributed by atoms with Gasteiger partial charge in [0.25, 0.3) is 11.6 Å². The van der Waals surface area contributed by atoms with Crippen LogP contribution in [0.25, 0.3) is 10.2 Å². The smallest absolute Gasteiger partial charge is 0.270 e. The van der Waals surface area contributed by atoms with E-state index in [0.29, 0.717) is 16.0 Å². The van der Waals surface area contributed by atoms with Gasteiger partial charge in [0.1, 0.15) is 0 Å². The molecule has 1 aliphatic heterocycles. The molecule has 8 nitrogen and oxygen atoms in total. The Labute approximate surface area is 176 Å². The third-order valence-corrected chi connectivity index (χ3v) is 6.51. The van der Waals surface area contributed by atoms with Crippen molar-refractivity contribution in [2.24, 2.45) is 4.99 Å². The Kier molecular flexibility index (Phi) is 7.21. The summed E-state index contributed by atoms with van der Waals surface area (Å²) in [5.41, 5.74) is 0.758. The molecule has 1 aromatic carbocycles. The van der Waals surface area contributed by atoms with Crippen LogP contribution in [0.3, 0.4) is 0 Å². The van der Waals surface area contributed by atoms with Crippen molar-refractivity contribution in [1.29, 1.82) is 0 Å². The first-order valence-corrected chi connectivity index (χ1v) is 11.3. The quantitative estimate of drug-likeness (QED) is 0.379. The minimum Gasteiger partial charge on any atom is -0.342 e. The first-order chi connectivity index (χ1) is 14.0. The van der Waals surface area contributed by atoms with E-state index < -0.39 is 4.92 Å². The van der Waals surface area contributed by atoms with Crippen LogP contribution in [0.4, 0.5) is 5.69 Å². The van der Waals surface area contributed by atoms with Gasteiger partial charge in [-0.25, -0.2) is 0 Å². The number of nitro benzene ring substituents is 1. The second kappa shape index (κ2) is 9.84. The summed E-state index contributed by atoms with van der Waals surface area (Å²) in [5.74, 6) is 0.118. The van der Waals surface area contributed by atoms with E-state index in [2.05, 4.69) is 11.6 Å². The predicted octanol–water partition coefficient (Wildman–Crippen LogP) is 2.97. The number of hydrogen-bond acceptors (Lipinski definition) is 6. The number of carbonyl (C=O) groups is 2. The maximum absolute atomic E-state index is 12.3. The average Bonchev–Trinajstić information content (AvgIpc) is 3.05. The van der Waals surface area contributed by atoms with Gasteiger partial charge in [-0.3, -0.25) is 19.7 Å². The number of thioether (sulfide) groups is 1. The fourth-order valence-electron chi connectivity index (χ4n) is 3.17. The Morgan fingerprint density at radius 2 is 2.03 bits per heavy atom. The Morgan fingerprint density at radius 3 is 2.72 bits per heavy atom. The molecule has 2 amide bonds. The van der Waals surface area contributed by atoms with Crippen molar-refractivity contribution in [3.8, 4) is 0 Å². The zero-order valence-corrected chi connectivity index (χ0v) is 17.5. The van der Waals surface area contributed by atoms with Crippen molar-refractivity contribution >= 4 is 50.8 Å². The van der Waals surface area contributed by atoms with Gasteiger partial charge in [0.15, 0.2) is 4.80 Å². The van der Waals surface area contributed by atoms with Gasteiger partial charge in [-0.05, 0) is 25.3 Å². The summed E-state index contributed by atoms with van der Waals surface area (Å²) in [5, 5.41) is 11.0. The lowest BCUT2D eigenvalue weighted by molar-refractivity contribution is -0.384. The first kappa shape index (κ1) is 21.3. The number of thiazole rings is 1. The van der Waals surface area contributed by atoms with E-state index in [1.807, 2.05) is 4.90 Å². The molecule has 10 heteroatoms. The normalized spacial score (nSPS) is 14.9. The predicted molar refractivity (Wildman–Crippen MR) is 115 cm³/mol. The summed E-state index contributed by atoms with van der Waals surface area (Å²) in [6, 6.07) is 4.57. The molecule has 0 atom stereocenters. The molecule has 0 spiro atoms. The second-order valence-electron chi connectivity index (χ2n) is 6.63. The maximum Gasteiger partial charge on any atom is 0.270 e. The van der Waals surface area contributed by atoms with Gasteiger partial charge < -0.3 is 9.47 Å². The summed E-state index contributed by atoms with van der Waals surface area (Å²) in [6.45, 7) is 5.76. The molecule has 0 saturated carbocycles. The lowest BCUT2D eigenvalue weighted by Crippen LogP contribution is -2.36. The number of fused-ring (bicyclic) bond motifs is 1. The average molecular weight is 435 g/mol. The molecular weight excluding hydrogens is 412 g/mol. The highest BCUT2D eigenvalue weighted by molar-refractivity contribution is 8.00. The van der Waals surface area contributed by atoms with Crippen molar-refractivity contribution < 1.29 is 14.5 Å². The van der Waals surface area contributed by atoms with E-state index in [0.717, 1.165) is 37.9 Å². The Balaban J connectivity index is 1.71. The van der Waals surface area contributed by atoms with Gasteiger partial charge in [0, 0.05) is 31.8 Å². The van der Waals surface area contributed by atoms with Crippen molar-refractivity contribution in [3.63, 3.8) is 0 Å². The molecule has 1 fully saturated rings. The number of nitrogens with zero attached hydrogens (tertiary/aromatic N) is 4. The SMILES string of the molecule is C=CCn1c(=NC(=O)CSCC(=O)N2CCCCC2)sc2cc([N+](=O)[O-])ccc21. The van der Waals surface area contributed by atoms with Crippen LogP contribution in [0.15, 0.2) is 35.8 Å². The van der Waals surface area contributed by atoms with Crippen molar-refractivity contribution in [3.05, 3.63) is 45.8 Å². The molecule has 0 N–H and O–H groups in total. The topological polar surface area (TPSA) is 97.8 Å². The maximum atomic E-state index is 12.3. The minimum absolute atomic E-state index is 0.00541. The monoisotopic (exact) mass is 434 g/mol. The highest BCUT2D eigenvalue weighted by Gasteiger charge is 2.17. The number of likely N-dealkylation sites (tertiary alicyclic amines) is 1. The Bertz CT molecular complexity index is 1010. The number of non-ortho nitro benzene ring substituents is 1. The molecule has 0 radical (unpaired) electrons. The Hall–Kier alpha value is -2.46. The van der Waals surface area contributed by atoms with E-state index in [1.54, 1.807) is 16.7 Å². The van der Waals surface area contributed by atoms with Crippen LogP contribution in [0.5, 0.6) is 0 Å². The van der Waals surface area contributed by atoms with Crippen LogP contribution in [0.1, 0.15) is 19.3 Å². The standard InChI is InChI=1S/C19H22N4O4S2/c1-2-8-22-15-7-6-14(23(26)27)11-16(15)29-19(22)20-17(24)12-28-13-18(25)21-9-4-3-5-10-21/h2,6-7,11H,1,3-5,8-10,12-13H2. The van der Waals surface area contributed by atoms with E-state index in [4.69, 9.17) is 0 Å². The Morgan fingerprint density at radius 1 is 1.28 bits per heavy atom. The molecule has 29 heavy (non-hydrogen) atoms. The molecular formula is C19H22N4O4S2. The van der Waals surface area contributed by atoms with Crippen LogP contribution < -0.4 is 4.80 Å². The van der Waals surface area contributed by atoms with Crippen molar-refractivity contribution in [2.45, 2.75) is 25.8 Å². The van der Waals surface area contributed by atoms with Crippen LogP contribution in [0.2, 0.25) is 0 Å². The molecule has 0 bridgehead atoms. The first-order valence-electron chi connectivity index (χ1n) is 9.31. The highest BCUT2D eigenvalue weighted by Crippen LogP contribution is 2.23. The molecule has 0 unspecified atom stereocenters. The lowest BCUT2D eigenvalue weighted by Gasteiger charge is -2.26. The molecule has 2 aromatic rings. The molecule has 154 valence electrons. The zero-order chi connectivity index (χ0) is 20.8. The van der Waals surface area contributed by atoms with Crippen molar-refractivity contribution in [2.75, 3.05) is 24.6 Å². The number of benzene rings is 1. The highest BCUT2D eigenvalue weighted by atomic mass is 32.2. The zero-order valence-electron chi connectivity index (χ0n) is 15.9. The van der Waals surface area contributed by atoms with Gasteiger partial charge in [-0.2, -0.15) is 4.99 Å². The number of carbonyl (C=O) groups excluding carboxylic acids is 2. The summed E-state index contributed by atoms with van der Waals surface area (Å²) >= 11 is 2.49. The molecule has 1 aromatic heterocycles. The summed E-state index contributed by atoms with van der Waals surface area (Å²) in [6.07, 6.45) is 4.93. The van der Waals surface area contributed by atoms with Gasteiger partial charge in [-0.15, -0.1) is 18.3 Å². The molecule has 3 rings (SSSR count). The fourth-order valence-corrected chi connectivity index (χ4v) is 4.95. The number of aromatic nitrogens is 1. The fraction of sp³-hybridized carbons (Fsp3) is 0.421. The summed E-state index contributed by atoms with van der Waals surface area (Å²) < 4.78 is 2.48. The summed E-state index contributed by atoms with van der Waals surface area (Å²) in [7, 11) is 0. The number of piperidine rings is 1. The van der Waals surface area contributed by atoms with Crippen LogP contribution in [-0.4, -0.2) is 50.8 Å². The second-order valence-corrected chi connectivity index (χ2v) is 8.63. The number of amides is 2. The molecule has 1 aliphatic rings. The van der Waals surface area contributed by atoms with Gasteiger partial charge in [0.2, 0.25) is 5.91 Å². The molecule has 1 saturated heterocycles. The lowest BCUT2D eigenvalue weighted by atomic mass is 10.1.